The molecule has 60 valence electrons. The van der Waals surface area contributed by atoms with Crippen LogP contribution in [0.5, 0.6) is 0 Å². The van der Waals surface area contributed by atoms with Gasteiger partial charge < -0.3 is 10.0 Å². The lowest BCUT2D eigenvalue weighted by Gasteiger charge is -2.12. The summed E-state index contributed by atoms with van der Waals surface area (Å²) in [5.74, 6) is -2.23. The Bertz CT molecular complexity index is 235. The number of amides is 1. The van der Waals surface area contributed by atoms with E-state index in [1.54, 1.807) is 0 Å². The van der Waals surface area contributed by atoms with Crippen LogP contribution in [0.3, 0.4) is 0 Å². The number of carbonyl (C=O) groups excluding carboxylic acids is 2. The topological polar surface area (TPSA) is 74.7 Å². The standard InChI is InChI=1S/C6H7NO4/c1-7-4(9)2-3(8)5(7)6(10)11/h5H,2H2,1H3,(H,10,11)/t5-/m0/s1. The van der Waals surface area contributed by atoms with Gasteiger partial charge in [-0.1, -0.05) is 0 Å². The largest absolute Gasteiger partial charge is 0.479 e. The van der Waals surface area contributed by atoms with E-state index in [1.807, 2.05) is 0 Å². The Labute approximate surface area is 62.6 Å². The van der Waals surface area contributed by atoms with Gasteiger partial charge in [-0.25, -0.2) is 4.79 Å². The molecule has 1 atom stereocenters. The average Bonchev–Trinajstić information content (AvgIpc) is 2.07. The first-order chi connectivity index (χ1) is 5.04. The van der Waals surface area contributed by atoms with Gasteiger partial charge in [0.1, 0.15) is 0 Å². The van der Waals surface area contributed by atoms with Crippen LogP contribution in [0.25, 0.3) is 0 Å². The first-order valence-electron chi connectivity index (χ1n) is 3.05. The van der Waals surface area contributed by atoms with Crippen LogP contribution in [0.1, 0.15) is 6.42 Å². The van der Waals surface area contributed by atoms with Gasteiger partial charge in [0.25, 0.3) is 0 Å². The maximum absolute atomic E-state index is 10.8. The first kappa shape index (κ1) is 7.71. The fourth-order valence-corrected chi connectivity index (χ4v) is 1.03. The number of Topliss-reactive ketones (excluding diaryl/α,β-unsaturated/α-hetero) is 1. The molecule has 5 nitrogen and oxygen atoms in total. The third-order valence-corrected chi connectivity index (χ3v) is 1.65. The van der Waals surface area contributed by atoms with Gasteiger partial charge in [0, 0.05) is 7.05 Å². The molecular formula is C6H7NO4. The molecule has 0 bridgehead atoms. The summed E-state index contributed by atoms with van der Waals surface area (Å²) in [5, 5.41) is 8.46. The summed E-state index contributed by atoms with van der Waals surface area (Å²) in [6.45, 7) is 0. The van der Waals surface area contributed by atoms with E-state index in [9.17, 15) is 14.4 Å². The molecular weight excluding hydrogens is 150 g/mol. The maximum atomic E-state index is 10.8. The van der Waals surface area contributed by atoms with Gasteiger partial charge in [0.2, 0.25) is 5.91 Å². The summed E-state index contributed by atoms with van der Waals surface area (Å²) in [6, 6.07) is -1.26. The smallest absolute Gasteiger partial charge is 0.334 e. The lowest BCUT2D eigenvalue weighted by Crippen LogP contribution is -2.38. The van der Waals surface area contributed by atoms with E-state index in [1.165, 1.54) is 7.05 Å². The zero-order valence-electron chi connectivity index (χ0n) is 5.90. The average molecular weight is 157 g/mol. The fraction of sp³-hybridized carbons (Fsp3) is 0.500. The number of carbonyl (C=O) groups is 3. The van der Waals surface area contributed by atoms with Crippen molar-refractivity contribution in [3.8, 4) is 0 Å². The SMILES string of the molecule is CN1C(=O)CC(=O)[C@H]1C(=O)O. The number of rotatable bonds is 1. The minimum absolute atomic E-state index is 0.284. The second kappa shape index (κ2) is 2.34. The molecule has 0 aromatic carbocycles. The lowest BCUT2D eigenvalue weighted by molar-refractivity contribution is -0.147. The van der Waals surface area contributed by atoms with Gasteiger partial charge in [-0.05, 0) is 0 Å². The highest BCUT2D eigenvalue weighted by atomic mass is 16.4. The van der Waals surface area contributed by atoms with Crippen molar-refractivity contribution in [1.29, 1.82) is 0 Å². The van der Waals surface area contributed by atoms with Crippen LogP contribution in [0, 0.1) is 0 Å². The van der Waals surface area contributed by atoms with Crippen LogP contribution in [-0.2, 0) is 14.4 Å². The van der Waals surface area contributed by atoms with E-state index in [2.05, 4.69) is 0 Å². The number of hydrogen-bond acceptors (Lipinski definition) is 3. The molecule has 1 N–H and O–H groups in total. The maximum Gasteiger partial charge on any atom is 0.334 e. The molecule has 1 saturated heterocycles. The summed E-state index contributed by atoms with van der Waals surface area (Å²) >= 11 is 0. The zero-order valence-corrected chi connectivity index (χ0v) is 5.90. The van der Waals surface area contributed by atoms with Crippen molar-refractivity contribution in [3.05, 3.63) is 0 Å². The van der Waals surface area contributed by atoms with Gasteiger partial charge >= 0.3 is 5.97 Å². The molecule has 1 fully saturated rings. The minimum atomic E-state index is -1.26. The summed E-state index contributed by atoms with van der Waals surface area (Å²) in [6.07, 6.45) is -0.284. The molecule has 1 heterocycles. The van der Waals surface area contributed by atoms with Gasteiger partial charge in [0.05, 0.1) is 6.42 Å². The third kappa shape index (κ3) is 1.09. The molecule has 0 aliphatic carbocycles. The van der Waals surface area contributed by atoms with Crippen molar-refractivity contribution >= 4 is 17.7 Å². The molecule has 1 aliphatic heterocycles. The molecule has 5 heteroatoms. The number of aliphatic carboxylic acids is 1. The minimum Gasteiger partial charge on any atom is -0.479 e. The van der Waals surface area contributed by atoms with Gasteiger partial charge in [-0.15, -0.1) is 0 Å². The van der Waals surface area contributed by atoms with E-state index < -0.39 is 23.7 Å². The summed E-state index contributed by atoms with van der Waals surface area (Å²) in [4.78, 5) is 32.8. The molecule has 0 aromatic rings. The highest BCUT2D eigenvalue weighted by Crippen LogP contribution is 2.12. The van der Waals surface area contributed by atoms with Crippen LogP contribution >= 0.6 is 0 Å². The Kier molecular flexibility index (Phi) is 1.64. The van der Waals surface area contributed by atoms with Crippen molar-refractivity contribution in [2.24, 2.45) is 0 Å². The van der Waals surface area contributed by atoms with Crippen LogP contribution in [-0.4, -0.2) is 40.8 Å². The normalized spacial score (nSPS) is 24.5. The summed E-state index contributed by atoms with van der Waals surface area (Å²) in [5.41, 5.74) is 0. The van der Waals surface area contributed by atoms with Crippen molar-refractivity contribution in [2.75, 3.05) is 7.05 Å². The number of nitrogens with zero attached hydrogens (tertiary/aromatic N) is 1. The number of carboxylic acid groups (broad SMARTS) is 1. The second-order valence-electron chi connectivity index (χ2n) is 2.39. The number of hydrogen-bond donors (Lipinski definition) is 1. The summed E-state index contributed by atoms with van der Waals surface area (Å²) in [7, 11) is 1.31. The van der Waals surface area contributed by atoms with Crippen LogP contribution in [0.2, 0.25) is 0 Å². The van der Waals surface area contributed by atoms with Crippen molar-refractivity contribution in [1.82, 2.24) is 4.90 Å². The first-order valence-corrected chi connectivity index (χ1v) is 3.05. The van der Waals surface area contributed by atoms with Gasteiger partial charge in [0.15, 0.2) is 11.8 Å². The van der Waals surface area contributed by atoms with E-state index >= 15 is 0 Å². The van der Waals surface area contributed by atoms with Crippen molar-refractivity contribution < 1.29 is 19.5 Å². The van der Waals surface area contributed by atoms with Crippen molar-refractivity contribution in [3.63, 3.8) is 0 Å². The van der Waals surface area contributed by atoms with Gasteiger partial charge in [-0.3, -0.25) is 9.59 Å². The Morgan fingerprint density at radius 3 is 2.36 bits per heavy atom. The predicted octanol–water partition coefficient (Wildman–Crippen LogP) is -1.13. The predicted molar refractivity (Wildman–Crippen MR) is 33.8 cm³/mol. The van der Waals surface area contributed by atoms with Crippen LogP contribution in [0.15, 0.2) is 0 Å². The van der Waals surface area contributed by atoms with E-state index in [-0.39, 0.29) is 6.42 Å². The molecule has 0 unspecified atom stereocenters. The Morgan fingerprint density at radius 1 is 1.64 bits per heavy atom. The highest BCUT2D eigenvalue weighted by molar-refractivity contribution is 6.16. The van der Waals surface area contributed by atoms with Crippen LogP contribution < -0.4 is 0 Å². The molecule has 0 aromatic heterocycles. The van der Waals surface area contributed by atoms with E-state index in [0.717, 1.165) is 4.90 Å². The molecule has 11 heavy (non-hydrogen) atoms. The number of carboxylic acids is 1. The Morgan fingerprint density at radius 2 is 2.18 bits per heavy atom. The molecule has 0 spiro atoms. The Hall–Kier alpha value is -1.39. The second-order valence-corrected chi connectivity index (χ2v) is 2.39. The number of ketones is 1. The zero-order chi connectivity index (χ0) is 8.59. The molecule has 0 saturated carbocycles. The molecule has 1 rings (SSSR count). The third-order valence-electron chi connectivity index (χ3n) is 1.65. The molecule has 0 radical (unpaired) electrons. The monoisotopic (exact) mass is 157 g/mol. The molecule has 1 aliphatic rings. The fourth-order valence-electron chi connectivity index (χ4n) is 1.03. The van der Waals surface area contributed by atoms with Crippen LogP contribution in [0.4, 0.5) is 0 Å². The highest BCUT2D eigenvalue weighted by Gasteiger charge is 2.40. The van der Waals surface area contributed by atoms with E-state index in [0.29, 0.717) is 0 Å². The van der Waals surface area contributed by atoms with E-state index in [4.69, 9.17) is 5.11 Å². The quantitative estimate of drug-likeness (QED) is 0.489. The van der Waals surface area contributed by atoms with Crippen molar-refractivity contribution in [2.45, 2.75) is 12.5 Å². The lowest BCUT2D eigenvalue weighted by atomic mass is 10.2. The summed E-state index contributed by atoms with van der Waals surface area (Å²) < 4.78 is 0. The number of likely N-dealkylation sites (tertiary alicyclic amines) is 1. The van der Waals surface area contributed by atoms with Gasteiger partial charge in [-0.2, -0.15) is 0 Å². The Balaban J connectivity index is 2.88. The molecule has 1 amide bonds. The number of likely N-dealkylation sites (N-methyl/N-ethyl adjacent to an activating group) is 1.